The molecule has 0 atom stereocenters. The smallest absolute Gasteiger partial charge is 0.337 e. The molecule has 0 spiro atoms. The molecule has 0 bridgehead atoms. The number of carboxylic acid groups (broad SMARTS) is 1. The maximum absolute atomic E-state index is 12.0. The average molecular weight is 426 g/mol. The monoisotopic (exact) mass is 425 g/mol. The van der Waals surface area contributed by atoms with Crippen LogP contribution in [0.4, 0.5) is 0 Å². The van der Waals surface area contributed by atoms with E-state index < -0.39 is 5.97 Å². The van der Waals surface area contributed by atoms with Crippen molar-refractivity contribution in [3.05, 3.63) is 87.2 Å². The van der Waals surface area contributed by atoms with Crippen LogP contribution in [0.5, 0.6) is 5.75 Å². The fourth-order valence-corrected chi connectivity index (χ4v) is 4.18. The van der Waals surface area contributed by atoms with Crippen molar-refractivity contribution in [2.24, 2.45) is 7.05 Å². The number of nitrogens with zero attached hydrogens (tertiary/aromatic N) is 1. The number of hydrogen-bond donors (Lipinski definition) is 1. The molecule has 4 rings (SSSR count). The van der Waals surface area contributed by atoms with Gasteiger partial charge in [-0.3, -0.25) is 8.75 Å². The standard InChI is InChI=1S/C22H16ClNO4S/c1-24-21(25)17-7-6-16(11-20(17)29-24)28-12-13-3-2-4-14(9-13)15-5-8-19(23)18(10-15)22(26)27/h2-11H,12H2,1H3,(H,26,27). The summed E-state index contributed by atoms with van der Waals surface area (Å²) in [6.45, 7) is 0.348. The van der Waals surface area contributed by atoms with Gasteiger partial charge in [0.1, 0.15) is 12.4 Å². The molecule has 29 heavy (non-hydrogen) atoms. The summed E-state index contributed by atoms with van der Waals surface area (Å²) in [6, 6.07) is 18.1. The van der Waals surface area contributed by atoms with E-state index in [2.05, 4.69) is 0 Å². The number of halogens is 1. The molecule has 1 aromatic heterocycles. The summed E-state index contributed by atoms with van der Waals surface area (Å²) in [5.74, 6) is -0.376. The van der Waals surface area contributed by atoms with Crippen molar-refractivity contribution in [3.63, 3.8) is 0 Å². The van der Waals surface area contributed by atoms with Crippen LogP contribution in [-0.4, -0.2) is 15.0 Å². The third kappa shape index (κ3) is 3.90. The molecule has 0 unspecified atom stereocenters. The lowest BCUT2D eigenvalue weighted by molar-refractivity contribution is 0.0697. The van der Waals surface area contributed by atoms with Gasteiger partial charge in [0.2, 0.25) is 0 Å². The molecular weight excluding hydrogens is 410 g/mol. The second-order valence-electron chi connectivity index (χ2n) is 6.54. The van der Waals surface area contributed by atoms with Gasteiger partial charge in [-0.25, -0.2) is 4.79 Å². The van der Waals surface area contributed by atoms with Crippen molar-refractivity contribution >= 4 is 39.2 Å². The van der Waals surface area contributed by atoms with Gasteiger partial charge in [-0.1, -0.05) is 47.4 Å². The molecule has 3 aromatic carbocycles. The topological polar surface area (TPSA) is 68.5 Å². The molecule has 1 heterocycles. The van der Waals surface area contributed by atoms with Crippen molar-refractivity contribution in [1.82, 2.24) is 3.96 Å². The third-order valence-electron chi connectivity index (χ3n) is 4.57. The molecule has 4 aromatic rings. The first kappa shape index (κ1) is 19.2. The lowest BCUT2D eigenvalue weighted by atomic mass is 10.0. The quantitative estimate of drug-likeness (QED) is 0.477. The molecular formula is C22H16ClNO4S. The highest BCUT2D eigenvalue weighted by Gasteiger charge is 2.11. The zero-order chi connectivity index (χ0) is 20.5. The lowest BCUT2D eigenvalue weighted by Gasteiger charge is -2.09. The predicted molar refractivity (Wildman–Crippen MR) is 115 cm³/mol. The number of rotatable bonds is 5. The maximum atomic E-state index is 12.0. The molecule has 5 nitrogen and oxygen atoms in total. The minimum absolute atomic E-state index is 0.00653. The van der Waals surface area contributed by atoms with Crippen LogP contribution in [0.3, 0.4) is 0 Å². The first-order chi connectivity index (χ1) is 13.9. The van der Waals surface area contributed by atoms with Crippen LogP contribution in [0.25, 0.3) is 21.2 Å². The van der Waals surface area contributed by atoms with E-state index in [1.54, 1.807) is 41.3 Å². The van der Waals surface area contributed by atoms with Crippen molar-refractivity contribution in [3.8, 4) is 16.9 Å². The summed E-state index contributed by atoms with van der Waals surface area (Å²) in [6.07, 6.45) is 0. The third-order valence-corrected chi connectivity index (χ3v) is 5.87. The van der Waals surface area contributed by atoms with Crippen LogP contribution < -0.4 is 10.3 Å². The minimum Gasteiger partial charge on any atom is -0.489 e. The second-order valence-corrected chi connectivity index (χ2v) is 8.12. The minimum atomic E-state index is -1.06. The van der Waals surface area contributed by atoms with Gasteiger partial charge in [0.25, 0.3) is 5.56 Å². The van der Waals surface area contributed by atoms with Crippen molar-refractivity contribution in [2.75, 3.05) is 0 Å². The molecule has 0 saturated carbocycles. The van der Waals surface area contributed by atoms with Gasteiger partial charge >= 0.3 is 5.97 Å². The summed E-state index contributed by atoms with van der Waals surface area (Å²) >= 11 is 7.34. The first-order valence-corrected chi connectivity index (χ1v) is 9.92. The van der Waals surface area contributed by atoms with Crippen LogP contribution in [0, 0.1) is 0 Å². The number of aromatic nitrogens is 1. The number of hydrogen-bond acceptors (Lipinski definition) is 4. The van der Waals surface area contributed by atoms with Gasteiger partial charge in [0.05, 0.1) is 20.7 Å². The SMILES string of the molecule is Cn1sc2cc(OCc3cccc(-c4ccc(Cl)c(C(=O)O)c4)c3)ccc2c1=O. The normalized spacial score (nSPS) is 11.0. The number of fused-ring (bicyclic) bond motifs is 1. The Balaban J connectivity index is 1.56. The average Bonchev–Trinajstić information content (AvgIpc) is 3.00. The van der Waals surface area contributed by atoms with Gasteiger partial charge in [-0.2, -0.15) is 0 Å². The summed E-state index contributed by atoms with van der Waals surface area (Å²) in [7, 11) is 1.74. The number of ether oxygens (including phenoxy) is 1. The Bertz CT molecular complexity index is 1290. The van der Waals surface area contributed by atoms with E-state index in [4.69, 9.17) is 16.3 Å². The molecule has 146 valence electrons. The Morgan fingerprint density at radius 3 is 2.69 bits per heavy atom. The highest BCUT2D eigenvalue weighted by Crippen LogP contribution is 2.27. The zero-order valence-electron chi connectivity index (χ0n) is 15.4. The number of carbonyl (C=O) groups is 1. The molecule has 0 amide bonds. The Kier molecular flexibility index (Phi) is 5.13. The lowest BCUT2D eigenvalue weighted by Crippen LogP contribution is -2.07. The van der Waals surface area contributed by atoms with Gasteiger partial charge in [0, 0.05) is 7.05 Å². The summed E-state index contributed by atoms with van der Waals surface area (Å²) in [4.78, 5) is 23.3. The highest BCUT2D eigenvalue weighted by molar-refractivity contribution is 7.13. The van der Waals surface area contributed by atoms with E-state index in [-0.39, 0.29) is 16.1 Å². The number of aromatic carboxylic acids is 1. The zero-order valence-corrected chi connectivity index (χ0v) is 17.0. The van der Waals surface area contributed by atoms with E-state index in [9.17, 15) is 14.7 Å². The van der Waals surface area contributed by atoms with E-state index >= 15 is 0 Å². The Hall–Kier alpha value is -3.09. The highest BCUT2D eigenvalue weighted by atomic mass is 35.5. The van der Waals surface area contributed by atoms with E-state index in [1.807, 2.05) is 30.3 Å². The van der Waals surface area contributed by atoms with Crippen LogP contribution >= 0.6 is 23.1 Å². The van der Waals surface area contributed by atoms with Crippen molar-refractivity contribution < 1.29 is 14.6 Å². The van der Waals surface area contributed by atoms with E-state index in [1.165, 1.54) is 11.5 Å². The molecule has 0 fully saturated rings. The van der Waals surface area contributed by atoms with Crippen LogP contribution in [-0.2, 0) is 13.7 Å². The molecule has 0 radical (unpaired) electrons. The van der Waals surface area contributed by atoms with Crippen LogP contribution in [0.15, 0.2) is 65.5 Å². The second kappa shape index (κ2) is 7.73. The van der Waals surface area contributed by atoms with Crippen LogP contribution in [0.1, 0.15) is 15.9 Å². The Labute approximate surface area is 175 Å². The number of benzene rings is 3. The van der Waals surface area contributed by atoms with Crippen LogP contribution in [0.2, 0.25) is 5.02 Å². The first-order valence-electron chi connectivity index (χ1n) is 8.77. The number of carboxylic acids is 1. The maximum Gasteiger partial charge on any atom is 0.337 e. The van der Waals surface area contributed by atoms with E-state index in [0.717, 1.165) is 21.4 Å². The van der Waals surface area contributed by atoms with Gasteiger partial charge in [-0.05, 0) is 53.1 Å². The fraction of sp³-hybridized carbons (Fsp3) is 0.0909. The molecule has 0 aliphatic rings. The van der Waals surface area contributed by atoms with Crippen molar-refractivity contribution in [1.29, 1.82) is 0 Å². The molecule has 0 aliphatic heterocycles. The number of aryl methyl sites for hydroxylation is 1. The molecule has 7 heteroatoms. The fourth-order valence-electron chi connectivity index (χ4n) is 3.08. The van der Waals surface area contributed by atoms with Gasteiger partial charge in [-0.15, -0.1) is 0 Å². The summed E-state index contributed by atoms with van der Waals surface area (Å²) in [5.41, 5.74) is 2.65. The Morgan fingerprint density at radius 2 is 1.90 bits per heavy atom. The predicted octanol–water partition coefficient (Wildman–Crippen LogP) is 5.20. The van der Waals surface area contributed by atoms with Gasteiger partial charge in [0.15, 0.2) is 0 Å². The molecule has 1 N–H and O–H groups in total. The summed E-state index contributed by atoms with van der Waals surface area (Å²) < 4.78 is 8.37. The largest absolute Gasteiger partial charge is 0.489 e. The molecule has 0 saturated heterocycles. The molecule has 0 aliphatic carbocycles. The summed E-state index contributed by atoms with van der Waals surface area (Å²) in [5, 5.41) is 10.2. The van der Waals surface area contributed by atoms with Gasteiger partial charge < -0.3 is 9.84 Å². The van der Waals surface area contributed by atoms with E-state index in [0.29, 0.717) is 17.7 Å². The Morgan fingerprint density at radius 1 is 1.10 bits per heavy atom. The van der Waals surface area contributed by atoms with Crippen molar-refractivity contribution in [2.45, 2.75) is 6.61 Å².